The summed E-state index contributed by atoms with van der Waals surface area (Å²) in [4.78, 5) is 18.6. The largest absolute Gasteiger partial charge is 0.368 e. The summed E-state index contributed by atoms with van der Waals surface area (Å²) >= 11 is 1.55. The first-order valence-electron chi connectivity index (χ1n) is 6.20. The molecule has 19 heavy (non-hydrogen) atoms. The topological polar surface area (TPSA) is 89.6 Å². The van der Waals surface area contributed by atoms with Gasteiger partial charge in [0.1, 0.15) is 0 Å². The van der Waals surface area contributed by atoms with E-state index in [1.165, 1.54) is 0 Å². The summed E-state index contributed by atoms with van der Waals surface area (Å²) in [5, 5.41) is 1.96. The van der Waals surface area contributed by atoms with Crippen LogP contribution < -0.4 is 16.4 Å². The Bertz CT molecular complexity index is 574. The van der Waals surface area contributed by atoms with Crippen molar-refractivity contribution in [1.29, 1.82) is 0 Å². The molecule has 0 atom stereocenters. The third-order valence-corrected chi connectivity index (χ3v) is 3.52. The number of nitrogens with two attached hydrogens (primary N) is 2. The normalized spacial score (nSPS) is 11.4. The third kappa shape index (κ3) is 2.87. The zero-order valence-corrected chi connectivity index (χ0v) is 12.0. The number of anilines is 1. The standard InChI is InChI=1S/C12H19N5OS/c1-8(2)6-16(7-10(14)18)11-9(5-13)17-3-4-19-12(17)15-11/h3-4,8H,5-7,13H2,1-2H3,(H2,14,18). The Morgan fingerprint density at radius 2 is 2.32 bits per heavy atom. The predicted octanol–water partition coefficient (Wildman–Crippen LogP) is 0.802. The molecule has 2 aromatic heterocycles. The molecule has 0 unspecified atom stereocenters. The fourth-order valence-electron chi connectivity index (χ4n) is 2.12. The van der Waals surface area contributed by atoms with Crippen LogP contribution in [0.2, 0.25) is 0 Å². The van der Waals surface area contributed by atoms with Crippen LogP contribution >= 0.6 is 11.3 Å². The fraction of sp³-hybridized carbons (Fsp3) is 0.500. The van der Waals surface area contributed by atoms with E-state index in [0.29, 0.717) is 12.5 Å². The van der Waals surface area contributed by atoms with Crippen molar-refractivity contribution in [3.05, 3.63) is 17.3 Å². The lowest BCUT2D eigenvalue weighted by Gasteiger charge is -2.24. The third-order valence-electron chi connectivity index (χ3n) is 2.77. The van der Waals surface area contributed by atoms with Crippen LogP contribution in [0.1, 0.15) is 19.5 Å². The van der Waals surface area contributed by atoms with Gasteiger partial charge in [0.2, 0.25) is 5.91 Å². The van der Waals surface area contributed by atoms with Crippen molar-refractivity contribution in [1.82, 2.24) is 9.38 Å². The second-order valence-electron chi connectivity index (χ2n) is 4.88. The van der Waals surface area contributed by atoms with Gasteiger partial charge in [0.15, 0.2) is 10.8 Å². The number of rotatable bonds is 6. The van der Waals surface area contributed by atoms with Crippen molar-refractivity contribution < 1.29 is 4.79 Å². The number of fused-ring (bicyclic) bond motifs is 1. The average molecular weight is 281 g/mol. The number of thiazole rings is 1. The average Bonchev–Trinajstić information content (AvgIpc) is 2.85. The lowest BCUT2D eigenvalue weighted by Crippen LogP contribution is -2.37. The number of carbonyl (C=O) groups excluding carboxylic acids is 1. The van der Waals surface area contributed by atoms with Gasteiger partial charge in [-0.2, -0.15) is 0 Å². The molecule has 2 aromatic rings. The molecule has 0 aromatic carbocycles. The van der Waals surface area contributed by atoms with E-state index in [9.17, 15) is 4.79 Å². The Morgan fingerprint density at radius 1 is 1.58 bits per heavy atom. The van der Waals surface area contributed by atoms with Crippen molar-refractivity contribution in [3.63, 3.8) is 0 Å². The van der Waals surface area contributed by atoms with E-state index in [4.69, 9.17) is 11.5 Å². The molecule has 0 aliphatic carbocycles. The van der Waals surface area contributed by atoms with Crippen LogP contribution in [0.5, 0.6) is 0 Å². The van der Waals surface area contributed by atoms with Crippen LogP contribution in [0, 0.1) is 5.92 Å². The minimum Gasteiger partial charge on any atom is -0.368 e. The molecule has 0 spiro atoms. The molecule has 4 N–H and O–H groups in total. The Hall–Kier alpha value is -1.60. The van der Waals surface area contributed by atoms with E-state index in [2.05, 4.69) is 18.8 Å². The zero-order valence-electron chi connectivity index (χ0n) is 11.2. The highest BCUT2D eigenvalue weighted by Gasteiger charge is 2.20. The van der Waals surface area contributed by atoms with Crippen LogP contribution in [-0.2, 0) is 11.3 Å². The molecule has 0 radical (unpaired) electrons. The summed E-state index contributed by atoms with van der Waals surface area (Å²) in [5.74, 6) is 0.812. The molecule has 104 valence electrons. The van der Waals surface area contributed by atoms with Gasteiger partial charge in [-0.3, -0.25) is 9.20 Å². The van der Waals surface area contributed by atoms with Gasteiger partial charge in [-0.15, -0.1) is 11.3 Å². The molecule has 6 nitrogen and oxygen atoms in total. The van der Waals surface area contributed by atoms with E-state index in [1.54, 1.807) is 11.3 Å². The molecular formula is C12H19N5OS. The molecule has 0 saturated heterocycles. The van der Waals surface area contributed by atoms with Gasteiger partial charge in [0.25, 0.3) is 0 Å². The molecular weight excluding hydrogens is 262 g/mol. The van der Waals surface area contributed by atoms with E-state index in [1.807, 2.05) is 20.9 Å². The summed E-state index contributed by atoms with van der Waals surface area (Å²) in [5.41, 5.74) is 12.1. The minimum absolute atomic E-state index is 0.163. The number of primary amides is 1. The molecule has 0 saturated carbocycles. The number of imidazole rings is 1. The lowest BCUT2D eigenvalue weighted by molar-refractivity contribution is -0.116. The number of hydrogen-bond acceptors (Lipinski definition) is 5. The Balaban J connectivity index is 2.41. The zero-order chi connectivity index (χ0) is 14.0. The quantitative estimate of drug-likeness (QED) is 0.819. The fourth-order valence-corrected chi connectivity index (χ4v) is 2.85. The number of carbonyl (C=O) groups is 1. The maximum Gasteiger partial charge on any atom is 0.236 e. The smallest absolute Gasteiger partial charge is 0.236 e. The van der Waals surface area contributed by atoms with Crippen molar-refractivity contribution in [3.8, 4) is 0 Å². The van der Waals surface area contributed by atoms with Gasteiger partial charge in [-0.05, 0) is 5.92 Å². The number of nitrogens with zero attached hydrogens (tertiary/aromatic N) is 3. The first-order valence-corrected chi connectivity index (χ1v) is 7.08. The molecule has 2 heterocycles. The van der Waals surface area contributed by atoms with Gasteiger partial charge in [-0.25, -0.2) is 4.98 Å². The Kier molecular flexibility index (Phi) is 4.06. The summed E-state index contributed by atoms with van der Waals surface area (Å²) in [6, 6.07) is 0. The van der Waals surface area contributed by atoms with E-state index < -0.39 is 0 Å². The van der Waals surface area contributed by atoms with Crippen LogP contribution in [0.25, 0.3) is 4.96 Å². The highest BCUT2D eigenvalue weighted by Crippen LogP contribution is 2.24. The van der Waals surface area contributed by atoms with Crippen LogP contribution in [-0.4, -0.2) is 28.4 Å². The van der Waals surface area contributed by atoms with Crippen molar-refractivity contribution in [2.45, 2.75) is 20.4 Å². The molecule has 2 rings (SSSR count). The molecule has 0 aliphatic heterocycles. The second kappa shape index (κ2) is 5.58. The van der Waals surface area contributed by atoms with Crippen LogP contribution in [0.4, 0.5) is 5.82 Å². The van der Waals surface area contributed by atoms with Gasteiger partial charge < -0.3 is 16.4 Å². The van der Waals surface area contributed by atoms with E-state index >= 15 is 0 Å². The van der Waals surface area contributed by atoms with Crippen molar-refractivity contribution in [2.75, 3.05) is 18.0 Å². The first kappa shape index (κ1) is 13.8. The summed E-state index contributed by atoms with van der Waals surface area (Å²) in [7, 11) is 0. The molecule has 0 bridgehead atoms. The lowest BCUT2D eigenvalue weighted by atomic mass is 10.2. The Labute approximate surface area is 116 Å². The number of aromatic nitrogens is 2. The molecule has 1 amide bonds. The highest BCUT2D eigenvalue weighted by atomic mass is 32.1. The summed E-state index contributed by atoms with van der Waals surface area (Å²) in [6.45, 7) is 5.44. The maximum atomic E-state index is 11.2. The van der Waals surface area contributed by atoms with Gasteiger partial charge in [-0.1, -0.05) is 13.8 Å². The number of hydrogen-bond donors (Lipinski definition) is 2. The summed E-state index contributed by atoms with van der Waals surface area (Å²) in [6.07, 6.45) is 1.94. The molecule has 0 fully saturated rings. The molecule has 0 aliphatic rings. The van der Waals surface area contributed by atoms with Gasteiger partial charge in [0.05, 0.1) is 12.2 Å². The van der Waals surface area contributed by atoms with Crippen molar-refractivity contribution >= 4 is 28.0 Å². The highest BCUT2D eigenvalue weighted by molar-refractivity contribution is 7.15. The number of amides is 1. The first-order chi connectivity index (χ1) is 9.02. The molecule has 7 heteroatoms. The SMILES string of the molecule is CC(C)CN(CC(N)=O)c1nc2sccn2c1CN. The minimum atomic E-state index is -0.361. The predicted molar refractivity (Wildman–Crippen MR) is 77.2 cm³/mol. The van der Waals surface area contributed by atoms with Crippen LogP contribution in [0.15, 0.2) is 11.6 Å². The van der Waals surface area contributed by atoms with Gasteiger partial charge in [0, 0.05) is 24.7 Å². The maximum absolute atomic E-state index is 11.2. The monoisotopic (exact) mass is 281 g/mol. The van der Waals surface area contributed by atoms with Crippen molar-refractivity contribution in [2.24, 2.45) is 17.4 Å². The Morgan fingerprint density at radius 3 is 2.89 bits per heavy atom. The summed E-state index contributed by atoms with van der Waals surface area (Å²) < 4.78 is 1.97. The van der Waals surface area contributed by atoms with Gasteiger partial charge >= 0.3 is 0 Å². The second-order valence-corrected chi connectivity index (χ2v) is 5.76. The van der Waals surface area contributed by atoms with E-state index in [0.717, 1.165) is 23.0 Å². The van der Waals surface area contributed by atoms with E-state index in [-0.39, 0.29) is 12.5 Å². The van der Waals surface area contributed by atoms with Crippen LogP contribution in [0.3, 0.4) is 0 Å².